The molecular weight excluding hydrogens is 239 g/mol. The Bertz CT molecular complexity index is 147. The van der Waals surface area contributed by atoms with Crippen molar-refractivity contribution in [2.45, 2.75) is 27.2 Å². The highest BCUT2D eigenvalue weighted by atomic mass is 127. The van der Waals surface area contributed by atoms with Crippen molar-refractivity contribution in [3.63, 3.8) is 0 Å². The fraction of sp³-hybridized carbons (Fsp3) is 0.625. The molecule has 0 aromatic heterocycles. The maximum absolute atomic E-state index is 11.0. The van der Waals surface area contributed by atoms with Crippen LogP contribution in [0.3, 0.4) is 0 Å². The zero-order valence-corrected chi connectivity index (χ0v) is 8.81. The van der Waals surface area contributed by atoms with Crippen molar-refractivity contribution in [1.29, 1.82) is 0 Å². The molecule has 0 unspecified atom stereocenters. The minimum Gasteiger partial charge on any atom is -0.294 e. The van der Waals surface area contributed by atoms with Crippen molar-refractivity contribution in [3.8, 4) is 0 Å². The Labute approximate surface area is 76.0 Å². The lowest BCUT2D eigenvalue weighted by Gasteiger charge is -1.97. The van der Waals surface area contributed by atoms with Gasteiger partial charge in [-0.3, -0.25) is 4.79 Å². The maximum atomic E-state index is 11.0. The lowest BCUT2D eigenvalue weighted by molar-refractivity contribution is -0.114. The summed E-state index contributed by atoms with van der Waals surface area (Å²) in [6.45, 7) is 6.03. The summed E-state index contributed by atoms with van der Waals surface area (Å²) in [6, 6.07) is 0. The number of carbonyl (C=O) groups excluding carboxylic acids is 1. The summed E-state index contributed by atoms with van der Waals surface area (Å²) in [5.74, 6) is 0.719. The minimum atomic E-state index is 0.245. The molecule has 0 bridgehead atoms. The minimum absolute atomic E-state index is 0.245. The molecule has 0 aliphatic carbocycles. The molecule has 1 nitrogen and oxygen atoms in total. The van der Waals surface area contributed by atoms with Gasteiger partial charge in [-0.1, -0.05) is 26.8 Å². The van der Waals surface area contributed by atoms with Crippen molar-refractivity contribution < 1.29 is 4.79 Å². The van der Waals surface area contributed by atoms with Gasteiger partial charge >= 0.3 is 0 Å². The molecule has 0 atom stereocenters. The van der Waals surface area contributed by atoms with Gasteiger partial charge in [0.15, 0.2) is 5.78 Å². The average molecular weight is 252 g/mol. The molecule has 0 radical (unpaired) electrons. The number of rotatable bonds is 3. The van der Waals surface area contributed by atoms with Crippen LogP contribution in [0.25, 0.3) is 0 Å². The van der Waals surface area contributed by atoms with Crippen LogP contribution in [-0.2, 0) is 4.79 Å². The van der Waals surface area contributed by atoms with Gasteiger partial charge in [-0.15, -0.1) is 0 Å². The molecule has 0 rings (SSSR count). The van der Waals surface area contributed by atoms with Gasteiger partial charge in [-0.05, 0) is 28.5 Å². The van der Waals surface area contributed by atoms with Crippen molar-refractivity contribution in [1.82, 2.24) is 0 Å². The first kappa shape index (κ1) is 10.1. The first-order chi connectivity index (χ1) is 4.57. The van der Waals surface area contributed by atoms with Crippen molar-refractivity contribution in [3.05, 3.63) is 9.66 Å². The zero-order valence-electron chi connectivity index (χ0n) is 6.65. The first-order valence-electron chi connectivity index (χ1n) is 3.48. The SMILES string of the molecule is CCC(=O)C(I)=CC(C)C. The van der Waals surface area contributed by atoms with Crippen molar-refractivity contribution in [2.75, 3.05) is 0 Å². The number of hydrogen-bond donors (Lipinski definition) is 0. The lowest BCUT2D eigenvalue weighted by atomic mass is 10.2. The smallest absolute Gasteiger partial charge is 0.168 e. The standard InChI is InChI=1S/C8H13IO/c1-4-8(10)7(9)5-6(2)3/h5-6H,4H2,1-3H3. The van der Waals surface area contributed by atoms with E-state index < -0.39 is 0 Å². The summed E-state index contributed by atoms with van der Waals surface area (Å²) in [6.07, 6.45) is 2.61. The Morgan fingerprint density at radius 2 is 2.10 bits per heavy atom. The number of ketones is 1. The number of Topliss-reactive ketones (excluding diaryl/α,β-unsaturated/α-hetero) is 1. The van der Waals surface area contributed by atoms with Crippen LogP contribution in [-0.4, -0.2) is 5.78 Å². The Kier molecular flexibility index (Phi) is 4.95. The molecule has 0 aliphatic heterocycles. The molecule has 2 heteroatoms. The van der Waals surface area contributed by atoms with E-state index in [1.165, 1.54) is 0 Å². The van der Waals surface area contributed by atoms with E-state index >= 15 is 0 Å². The second-order valence-corrected chi connectivity index (χ2v) is 3.70. The van der Waals surface area contributed by atoms with Crippen LogP contribution >= 0.6 is 22.6 Å². The third kappa shape index (κ3) is 4.04. The molecule has 0 aromatic rings. The molecule has 0 saturated heterocycles. The van der Waals surface area contributed by atoms with E-state index in [-0.39, 0.29) is 5.78 Å². The van der Waals surface area contributed by atoms with Crippen LogP contribution in [0.4, 0.5) is 0 Å². The first-order valence-corrected chi connectivity index (χ1v) is 4.56. The third-order valence-electron chi connectivity index (χ3n) is 1.07. The van der Waals surface area contributed by atoms with Crippen LogP contribution in [0.15, 0.2) is 9.66 Å². The van der Waals surface area contributed by atoms with E-state index in [4.69, 9.17) is 0 Å². The summed E-state index contributed by atoms with van der Waals surface area (Å²) in [7, 11) is 0. The number of carbonyl (C=O) groups is 1. The largest absolute Gasteiger partial charge is 0.294 e. The molecule has 0 saturated carbocycles. The Morgan fingerprint density at radius 1 is 1.60 bits per heavy atom. The number of halogens is 1. The van der Waals surface area contributed by atoms with Crippen LogP contribution in [0, 0.1) is 5.92 Å². The second kappa shape index (κ2) is 4.88. The van der Waals surface area contributed by atoms with Crippen LogP contribution in [0.5, 0.6) is 0 Å². The monoisotopic (exact) mass is 252 g/mol. The number of hydrogen-bond acceptors (Lipinski definition) is 1. The molecule has 0 fully saturated rings. The summed E-state index contributed by atoms with van der Waals surface area (Å²) >= 11 is 2.09. The van der Waals surface area contributed by atoms with Gasteiger partial charge in [0, 0.05) is 6.42 Å². The topological polar surface area (TPSA) is 17.1 Å². The predicted molar refractivity (Wildman–Crippen MR) is 52.2 cm³/mol. The molecule has 0 aromatic carbocycles. The fourth-order valence-corrected chi connectivity index (χ4v) is 1.66. The lowest BCUT2D eigenvalue weighted by Crippen LogP contribution is -1.95. The van der Waals surface area contributed by atoms with Gasteiger partial charge in [0.25, 0.3) is 0 Å². The van der Waals surface area contributed by atoms with Crippen LogP contribution < -0.4 is 0 Å². The second-order valence-electron chi connectivity index (χ2n) is 2.54. The highest BCUT2D eigenvalue weighted by Gasteiger charge is 2.02. The highest BCUT2D eigenvalue weighted by Crippen LogP contribution is 2.12. The van der Waals surface area contributed by atoms with E-state index in [0.717, 1.165) is 3.58 Å². The van der Waals surface area contributed by atoms with Gasteiger partial charge in [0.2, 0.25) is 0 Å². The molecule has 0 spiro atoms. The maximum Gasteiger partial charge on any atom is 0.168 e. The predicted octanol–water partition coefficient (Wildman–Crippen LogP) is 2.94. The summed E-state index contributed by atoms with van der Waals surface area (Å²) in [5, 5.41) is 0. The zero-order chi connectivity index (χ0) is 8.15. The Morgan fingerprint density at radius 3 is 2.40 bits per heavy atom. The summed E-state index contributed by atoms with van der Waals surface area (Å²) in [4.78, 5) is 11.0. The van der Waals surface area contributed by atoms with E-state index in [1.54, 1.807) is 0 Å². The Balaban J connectivity index is 4.05. The Hall–Kier alpha value is 0.140. The van der Waals surface area contributed by atoms with Crippen molar-refractivity contribution >= 4 is 28.4 Å². The van der Waals surface area contributed by atoms with Gasteiger partial charge in [-0.25, -0.2) is 0 Å². The van der Waals surface area contributed by atoms with Crippen LogP contribution in [0.1, 0.15) is 27.2 Å². The van der Waals surface area contributed by atoms with Crippen molar-refractivity contribution in [2.24, 2.45) is 5.92 Å². The normalized spacial score (nSPS) is 12.3. The van der Waals surface area contributed by atoms with E-state index in [0.29, 0.717) is 12.3 Å². The average Bonchev–Trinajstić information content (AvgIpc) is 1.85. The molecule has 0 N–H and O–H groups in total. The molecule has 0 heterocycles. The van der Waals surface area contributed by atoms with Gasteiger partial charge in [-0.2, -0.15) is 0 Å². The molecule has 58 valence electrons. The molecule has 0 amide bonds. The third-order valence-corrected chi connectivity index (χ3v) is 2.03. The molecule has 0 aliphatic rings. The highest BCUT2D eigenvalue weighted by molar-refractivity contribution is 14.1. The van der Waals surface area contributed by atoms with E-state index in [9.17, 15) is 4.79 Å². The number of allylic oxidation sites excluding steroid dienone is 2. The van der Waals surface area contributed by atoms with Gasteiger partial charge in [0.05, 0.1) is 3.58 Å². The van der Waals surface area contributed by atoms with E-state index in [2.05, 4.69) is 36.4 Å². The fourth-order valence-electron chi connectivity index (χ4n) is 0.554. The van der Waals surface area contributed by atoms with E-state index in [1.807, 2.05) is 13.0 Å². The summed E-state index contributed by atoms with van der Waals surface area (Å²) < 4.78 is 0.870. The van der Waals surface area contributed by atoms with Crippen LogP contribution in [0.2, 0.25) is 0 Å². The molecular formula is C8H13IO. The summed E-state index contributed by atoms with van der Waals surface area (Å²) in [5.41, 5.74) is 0. The molecule has 10 heavy (non-hydrogen) atoms. The van der Waals surface area contributed by atoms with Gasteiger partial charge < -0.3 is 0 Å². The van der Waals surface area contributed by atoms with Gasteiger partial charge in [0.1, 0.15) is 0 Å². The quantitative estimate of drug-likeness (QED) is 0.557.